The molecular weight excluding hydrogens is 402 g/mol. The Hall–Kier alpha value is -2.70. The lowest BCUT2D eigenvalue weighted by molar-refractivity contribution is -0.127. The third kappa shape index (κ3) is 6.65. The van der Waals surface area contributed by atoms with Crippen molar-refractivity contribution in [3.8, 4) is 5.75 Å². The van der Waals surface area contributed by atoms with Crippen LogP contribution in [0.4, 0.5) is 0 Å². The highest BCUT2D eigenvalue weighted by Gasteiger charge is 2.28. The van der Waals surface area contributed by atoms with Gasteiger partial charge in [-0.3, -0.25) is 14.5 Å². The van der Waals surface area contributed by atoms with Crippen LogP contribution in [0, 0.1) is 5.92 Å². The molecule has 0 spiro atoms. The second-order valence-electron chi connectivity index (χ2n) is 8.80. The summed E-state index contributed by atoms with van der Waals surface area (Å²) in [7, 11) is 5.67. The molecule has 0 aromatic heterocycles. The molecule has 2 aromatic rings. The molecule has 6 heteroatoms. The van der Waals surface area contributed by atoms with Crippen LogP contribution in [-0.4, -0.2) is 80.3 Å². The maximum Gasteiger partial charge on any atom is 0.295 e. The number of rotatable bonds is 10. The van der Waals surface area contributed by atoms with E-state index in [1.807, 2.05) is 43.3 Å². The van der Waals surface area contributed by atoms with E-state index in [0.29, 0.717) is 24.6 Å². The number of ether oxygens (including phenoxy) is 1. The Balaban J connectivity index is 1.66. The van der Waals surface area contributed by atoms with Crippen LogP contribution in [-0.2, 0) is 11.3 Å². The number of nitrogens with zero attached hydrogens (tertiary/aromatic N) is 3. The number of amides is 1. The number of para-hydroxylation sites is 1. The second-order valence-corrected chi connectivity index (χ2v) is 8.80. The fourth-order valence-corrected chi connectivity index (χ4v) is 4.28. The quantitative estimate of drug-likeness (QED) is 0.422. The first-order valence-electron chi connectivity index (χ1n) is 11.4. The fourth-order valence-electron chi connectivity index (χ4n) is 4.28. The number of benzene rings is 2. The molecule has 0 aliphatic carbocycles. The number of likely N-dealkylation sites (tertiary alicyclic amines) is 1. The van der Waals surface area contributed by atoms with Crippen LogP contribution in [0.1, 0.15) is 28.8 Å². The Morgan fingerprint density at radius 2 is 1.75 bits per heavy atom. The molecule has 3 rings (SSSR count). The number of carbonyl (C=O) groups is 2. The van der Waals surface area contributed by atoms with Crippen molar-refractivity contribution in [2.75, 3.05) is 53.9 Å². The summed E-state index contributed by atoms with van der Waals surface area (Å²) >= 11 is 0. The highest BCUT2D eigenvalue weighted by Crippen LogP contribution is 2.24. The zero-order valence-electron chi connectivity index (χ0n) is 19.5. The smallest absolute Gasteiger partial charge is 0.295 e. The lowest BCUT2D eigenvalue weighted by Crippen LogP contribution is -2.46. The summed E-state index contributed by atoms with van der Waals surface area (Å²) in [6.07, 6.45) is 2.15. The van der Waals surface area contributed by atoms with Crippen molar-refractivity contribution in [1.29, 1.82) is 0 Å². The lowest BCUT2D eigenvalue weighted by atomic mass is 9.96. The van der Waals surface area contributed by atoms with Gasteiger partial charge >= 0.3 is 0 Å². The average molecular weight is 438 g/mol. The zero-order chi connectivity index (χ0) is 22.9. The minimum absolute atomic E-state index is 0.341. The van der Waals surface area contributed by atoms with Gasteiger partial charge in [-0.25, -0.2) is 0 Å². The minimum atomic E-state index is -0.425. The highest BCUT2D eigenvalue weighted by molar-refractivity contribution is 6.42. The molecule has 1 aliphatic rings. The number of Topliss-reactive ketones (excluding diaryl/α,β-unsaturated/α-hetero) is 1. The molecule has 1 amide bonds. The first-order chi connectivity index (χ1) is 15.5. The SMILES string of the molecule is COc1ccccc1CN1CCC[C@H](CN(CCN(C)C)C(=O)C(=O)c2ccccc2)C1. The van der Waals surface area contributed by atoms with Crippen molar-refractivity contribution in [2.24, 2.45) is 5.92 Å². The van der Waals surface area contributed by atoms with Crippen LogP contribution in [0.25, 0.3) is 0 Å². The van der Waals surface area contributed by atoms with E-state index >= 15 is 0 Å². The number of ketones is 1. The number of piperidine rings is 1. The van der Waals surface area contributed by atoms with E-state index < -0.39 is 11.7 Å². The second kappa shape index (κ2) is 11.8. The number of hydrogen-bond donors (Lipinski definition) is 0. The molecule has 1 heterocycles. The van der Waals surface area contributed by atoms with Crippen molar-refractivity contribution in [3.63, 3.8) is 0 Å². The predicted molar refractivity (Wildman–Crippen MR) is 127 cm³/mol. The Morgan fingerprint density at radius 1 is 1.03 bits per heavy atom. The number of hydrogen-bond acceptors (Lipinski definition) is 5. The molecular formula is C26H35N3O3. The molecule has 0 unspecified atom stereocenters. The van der Waals surface area contributed by atoms with E-state index in [9.17, 15) is 9.59 Å². The van der Waals surface area contributed by atoms with Crippen LogP contribution in [0.3, 0.4) is 0 Å². The highest BCUT2D eigenvalue weighted by atomic mass is 16.5. The summed E-state index contributed by atoms with van der Waals surface area (Å²) in [6, 6.07) is 17.0. The van der Waals surface area contributed by atoms with Crippen molar-refractivity contribution >= 4 is 11.7 Å². The third-order valence-corrected chi connectivity index (χ3v) is 6.00. The topological polar surface area (TPSA) is 53.1 Å². The molecule has 0 radical (unpaired) electrons. The van der Waals surface area contributed by atoms with Crippen LogP contribution in [0.5, 0.6) is 5.75 Å². The summed E-state index contributed by atoms with van der Waals surface area (Å²) in [6.45, 7) is 4.65. The van der Waals surface area contributed by atoms with Crippen molar-refractivity contribution < 1.29 is 14.3 Å². The minimum Gasteiger partial charge on any atom is -0.496 e. The van der Waals surface area contributed by atoms with E-state index in [2.05, 4.69) is 11.0 Å². The van der Waals surface area contributed by atoms with E-state index in [1.54, 1.807) is 36.3 Å². The maximum atomic E-state index is 13.1. The molecule has 1 aliphatic heterocycles. The van der Waals surface area contributed by atoms with Crippen LogP contribution < -0.4 is 4.74 Å². The monoisotopic (exact) mass is 437 g/mol. The van der Waals surface area contributed by atoms with Crippen LogP contribution >= 0.6 is 0 Å². The molecule has 172 valence electrons. The van der Waals surface area contributed by atoms with Crippen LogP contribution in [0.15, 0.2) is 54.6 Å². The van der Waals surface area contributed by atoms with Gasteiger partial charge in [0, 0.05) is 43.9 Å². The molecule has 0 bridgehead atoms. The van der Waals surface area contributed by atoms with E-state index in [4.69, 9.17) is 4.74 Å². The first kappa shape index (κ1) is 24.0. The molecule has 2 aromatic carbocycles. The lowest BCUT2D eigenvalue weighted by Gasteiger charge is -2.36. The Kier molecular flexibility index (Phi) is 8.82. The van der Waals surface area contributed by atoms with Gasteiger partial charge < -0.3 is 14.5 Å². The van der Waals surface area contributed by atoms with E-state index in [1.165, 1.54) is 5.56 Å². The first-order valence-corrected chi connectivity index (χ1v) is 11.4. The van der Waals surface area contributed by atoms with Gasteiger partial charge in [0.05, 0.1) is 7.11 Å². The number of likely N-dealkylation sites (N-methyl/N-ethyl adjacent to an activating group) is 1. The average Bonchev–Trinajstić information content (AvgIpc) is 2.82. The van der Waals surface area contributed by atoms with E-state index in [-0.39, 0.29) is 0 Å². The van der Waals surface area contributed by atoms with Crippen molar-refractivity contribution in [3.05, 3.63) is 65.7 Å². The summed E-state index contributed by atoms with van der Waals surface area (Å²) in [5.41, 5.74) is 1.63. The molecule has 1 atom stereocenters. The van der Waals surface area contributed by atoms with Crippen molar-refractivity contribution in [2.45, 2.75) is 19.4 Å². The molecule has 1 fully saturated rings. The van der Waals surface area contributed by atoms with Gasteiger partial charge in [-0.2, -0.15) is 0 Å². The summed E-state index contributed by atoms with van der Waals surface area (Å²) < 4.78 is 5.51. The molecule has 0 saturated carbocycles. The molecule has 32 heavy (non-hydrogen) atoms. The molecule has 6 nitrogen and oxygen atoms in total. The standard InChI is InChI=1S/C26H35N3O3/c1-27(2)16-17-29(26(31)25(30)22-11-5-4-6-12-22)19-21-10-9-15-28(18-21)20-23-13-7-8-14-24(23)32-3/h4-8,11-14,21H,9-10,15-20H2,1-3H3/t21-/m0/s1. The van der Waals surface area contributed by atoms with Gasteiger partial charge in [-0.1, -0.05) is 48.5 Å². The van der Waals surface area contributed by atoms with Gasteiger partial charge in [0.2, 0.25) is 5.78 Å². The Morgan fingerprint density at radius 3 is 2.47 bits per heavy atom. The summed E-state index contributed by atoms with van der Waals surface area (Å²) in [5.74, 6) is 0.421. The number of carbonyl (C=O) groups excluding carboxylic acids is 2. The summed E-state index contributed by atoms with van der Waals surface area (Å²) in [4.78, 5) is 32.2. The zero-order valence-corrected chi connectivity index (χ0v) is 19.5. The van der Waals surface area contributed by atoms with Gasteiger partial charge in [0.25, 0.3) is 5.91 Å². The normalized spacial score (nSPS) is 16.7. The Bertz CT molecular complexity index is 885. The van der Waals surface area contributed by atoms with Gasteiger partial charge in [-0.15, -0.1) is 0 Å². The summed E-state index contributed by atoms with van der Waals surface area (Å²) in [5, 5.41) is 0. The largest absolute Gasteiger partial charge is 0.496 e. The van der Waals surface area contributed by atoms with Crippen LogP contribution in [0.2, 0.25) is 0 Å². The predicted octanol–water partition coefficient (Wildman–Crippen LogP) is 3.18. The third-order valence-electron chi connectivity index (χ3n) is 6.00. The van der Waals surface area contributed by atoms with Crippen molar-refractivity contribution in [1.82, 2.24) is 14.7 Å². The Labute approximate surface area is 191 Å². The van der Waals surface area contributed by atoms with Gasteiger partial charge in [0.1, 0.15) is 5.75 Å². The van der Waals surface area contributed by atoms with Gasteiger partial charge in [0.15, 0.2) is 0 Å². The van der Waals surface area contributed by atoms with Gasteiger partial charge in [-0.05, 0) is 45.5 Å². The molecule has 1 saturated heterocycles. The fraction of sp³-hybridized carbons (Fsp3) is 0.462. The maximum absolute atomic E-state index is 13.1. The number of methoxy groups -OCH3 is 1. The molecule has 0 N–H and O–H groups in total. The van der Waals surface area contributed by atoms with E-state index in [0.717, 1.165) is 44.8 Å².